The fourth-order valence-electron chi connectivity index (χ4n) is 3.94. The van der Waals surface area contributed by atoms with E-state index in [-0.39, 0.29) is 18.1 Å². The van der Waals surface area contributed by atoms with Crippen LogP contribution in [0.4, 0.5) is 5.69 Å². The first-order chi connectivity index (χ1) is 12.1. The minimum absolute atomic E-state index is 0.114. The topological polar surface area (TPSA) is 44.8 Å². The van der Waals surface area contributed by atoms with Crippen LogP contribution in [0.2, 0.25) is 0 Å². The number of likely N-dealkylation sites (tertiary alicyclic amines) is 1. The van der Waals surface area contributed by atoms with Gasteiger partial charge in [-0.25, -0.2) is 0 Å². The average Bonchev–Trinajstić information content (AvgIpc) is 3.30. The molecule has 1 N–H and O–H groups in total. The maximum Gasteiger partial charge on any atom is 0.237 e. The summed E-state index contributed by atoms with van der Waals surface area (Å²) in [6, 6.07) is 8.89. The molecule has 5 nitrogen and oxygen atoms in total. The Bertz CT molecular complexity index is 584. The van der Waals surface area contributed by atoms with Gasteiger partial charge in [-0.3, -0.25) is 9.69 Å². The van der Waals surface area contributed by atoms with Gasteiger partial charge in [0.05, 0.1) is 12.1 Å². The summed E-state index contributed by atoms with van der Waals surface area (Å²) in [6.07, 6.45) is 4.60. The second-order valence-corrected chi connectivity index (χ2v) is 7.44. The standard InChI is InChI=1S/C20H31N3O2/c1-15(20(24)21-14-18-9-6-12-25-18)23-11-5-10-19(23)16-7-4-8-17(13-16)22(2)3/h4,7-8,13,15,18-19H,5-6,9-12,14H2,1-3H3,(H,21,24). The molecule has 138 valence electrons. The van der Waals surface area contributed by atoms with Crippen molar-refractivity contribution in [2.75, 3.05) is 38.7 Å². The summed E-state index contributed by atoms with van der Waals surface area (Å²) in [7, 11) is 4.12. The lowest BCUT2D eigenvalue weighted by Crippen LogP contribution is -2.46. The molecule has 0 radical (unpaired) electrons. The summed E-state index contributed by atoms with van der Waals surface area (Å²) in [5, 5.41) is 3.09. The van der Waals surface area contributed by atoms with Crippen molar-refractivity contribution in [2.24, 2.45) is 0 Å². The van der Waals surface area contributed by atoms with Gasteiger partial charge in [0.25, 0.3) is 0 Å². The van der Waals surface area contributed by atoms with E-state index < -0.39 is 0 Å². The molecule has 2 aliphatic rings. The highest BCUT2D eigenvalue weighted by Gasteiger charge is 2.33. The number of anilines is 1. The van der Waals surface area contributed by atoms with E-state index in [1.807, 2.05) is 6.92 Å². The second kappa shape index (κ2) is 8.19. The van der Waals surface area contributed by atoms with E-state index in [1.54, 1.807) is 0 Å². The molecule has 1 aromatic rings. The SMILES string of the molecule is CC(C(=O)NCC1CCCO1)N1CCCC1c1cccc(N(C)C)c1. The molecule has 2 saturated heterocycles. The second-order valence-electron chi connectivity index (χ2n) is 7.44. The van der Waals surface area contributed by atoms with E-state index >= 15 is 0 Å². The number of ether oxygens (including phenoxy) is 1. The predicted molar refractivity (Wildman–Crippen MR) is 101 cm³/mol. The number of hydrogen-bond donors (Lipinski definition) is 1. The van der Waals surface area contributed by atoms with Crippen molar-refractivity contribution in [1.82, 2.24) is 10.2 Å². The maximum atomic E-state index is 12.6. The zero-order valence-corrected chi connectivity index (χ0v) is 15.7. The predicted octanol–water partition coefficient (Wildman–Crippen LogP) is 2.57. The van der Waals surface area contributed by atoms with Crippen LogP contribution in [-0.2, 0) is 9.53 Å². The van der Waals surface area contributed by atoms with Crippen molar-refractivity contribution in [1.29, 1.82) is 0 Å². The Kier molecular flexibility index (Phi) is 5.97. The summed E-state index contributed by atoms with van der Waals surface area (Å²) in [4.78, 5) is 17.1. The Balaban J connectivity index is 1.63. The molecule has 5 heteroatoms. The molecule has 3 unspecified atom stereocenters. The number of hydrogen-bond acceptors (Lipinski definition) is 4. The summed E-state index contributed by atoms with van der Waals surface area (Å²) in [5.41, 5.74) is 2.52. The highest BCUT2D eigenvalue weighted by molar-refractivity contribution is 5.81. The van der Waals surface area contributed by atoms with Crippen LogP contribution in [0.1, 0.15) is 44.2 Å². The zero-order chi connectivity index (χ0) is 17.8. The first-order valence-corrected chi connectivity index (χ1v) is 9.48. The van der Waals surface area contributed by atoms with E-state index in [0.29, 0.717) is 12.6 Å². The summed E-state index contributed by atoms with van der Waals surface area (Å²) in [5.74, 6) is 0.117. The number of benzene rings is 1. The Morgan fingerprint density at radius 3 is 2.92 bits per heavy atom. The van der Waals surface area contributed by atoms with Crippen LogP contribution >= 0.6 is 0 Å². The molecule has 3 rings (SSSR count). The quantitative estimate of drug-likeness (QED) is 0.861. The highest BCUT2D eigenvalue weighted by Crippen LogP contribution is 2.34. The fourth-order valence-corrected chi connectivity index (χ4v) is 3.94. The third-order valence-corrected chi connectivity index (χ3v) is 5.47. The van der Waals surface area contributed by atoms with Crippen molar-refractivity contribution in [3.63, 3.8) is 0 Å². The monoisotopic (exact) mass is 345 g/mol. The molecule has 2 heterocycles. The number of rotatable bonds is 6. The van der Waals surface area contributed by atoms with E-state index in [4.69, 9.17) is 4.74 Å². The summed E-state index contributed by atoms with van der Waals surface area (Å²) in [6.45, 7) is 4.47. The maximum absolute atomic E-state index is 12.6. The van der Waals surface area contributed by atoms with Crippen LogP contribution in [0.5, 0.6) is 0 Å². The van der Waals surface area contributed by atoms with Gasteiger partial charge in [0.1, 0.15) is 0 Å². The van der Waals surface area contributed by atoms with Gasteiger partial charge in [-0.05, 0) is 56.8 Å². The number of carbonyl (C=O) groups excluding carboxylic acids is 1. The fraction of sp³-hybridized carbons (Fsp3) is 0.650. The van der Waals surface area contributed by atoms with Gasteiger partial charge in [-0.15, -0.1) is 0 Å². The highest BCUT2D eigenvalue weighted by atomic mass is 16.5. The van der Waals surface area contributed by atoms with E-state index in [0.717, 1.165) is 38.8 Å². The van der Waals surface area contributed by atoms with Gasteiger partial charge in [-0.2, -0.15) is 0 Å². The molecule has 2 aliphatic heterocycles. The van der Waals surface area contributed by atoms with Crippen molar-refractivity contribution in [3.05, 3.63) is 29.8 Å². The average molecular weight is 345 g/mol. The number of nitrogens with zero attached hydrogens (tertiary/aromatic N) is 2. The van der Waals surface area contributed by atoms with Crippen LogP contribution in [0.3, 0.4) is 0 Å². The molecule has 0 spiro atoms. The Morgan fingerprint density at radius 1 is 1.36 bits per heavy atom. The molecular weight excluding hydrogens is 314 g/mol. The van der Waals surface area contributed by atoms with Gasteiger partial charge in [0.15, 0.2) is 0 Å². The number of nitrogens with one attached hydrogen (secondary N) is 1. The first kappa shape index (κ1) is 18.2. The Morgan fingerprint density at radius 2 is 2.20 bits per heavy atom. The minimum atomic E-state index is -0.114. The summed E-state index contributed by atoms with van der Waals surface area (Å²) < 4.78 is 5.60. The lowest BCUT2D eigenvalue weighted by molar-refractivity contribution is -0.126. The summed E-state index contributed by atoms with van der Waals surface area (Å²) >= 11 is 0. The third-order valence-electron chi connectivity index (χ3n) is 5.47. The molecule has 2 fully saturated rings. The van der Waals surface area contributed by atoms with Gasteiger partial charge >= 0.3 is 0 Å². The first-order valence-electron chi connectivity index (χ1n) is 9.48. The number of carbonyl (C=O) groups is 1. The van der Waals surface area contributed by atoms with E-state index in [2.05, 4.69) is 53.5 Å². The smallest absolute Gasteiger partial charge is 0.237 e. The van der Waals surface area contributed by atoms with Crippen LogP contribution < -0.4 is 10.2 Å². The lowest BCUT2D eigenvalue weighted by atomic mass is 10.0. The van der Waals surface area contributed by atoms with Gasteiger partial charge in [-0.1, -0.05) is 12.1 Å². The molecule has 0 bridgehead atoms. The van der Waals surface area contributed by atoms with Crippen LogP contribution in [0.15, 0.2) is 24.3 Å². The van der Waals surface area contributed by atoms with Crippen molar-refractivity contribution in [2.45, 2.75) is 50.8 Å². The van der Waals surface area contributed by atoms with E-state index in [1.165, 1.54) is 11.3 Å². The van der Waals surface area contributed by atoms with Crippen LogP contribution in [0, 0.1) is 0 Å². The van der Waals surface area contributed by atoms with Crippen molar-refractivity contribution >= 4 is 11.6 Å². The minimum Gasteiger partial charge on any atom is -0.378 e. The lowest BCUT2D eigenvalue weighted by Gasteiger charge is -2.31. The van der Waals surface area contributed by atoms with Crippen molar-refractivity contribution < 1.29 is 9.53 Å². The van der Waals surface area contributed by atoms with E-state index in [9.17, 15) is 4.79 Å². The molecule has 3 atom stereocenters. The third kappa shape index (κ3) is 4.33. The van der Waals surface area contributed by atoms with Crippen LogP contribution in [-0.4, -0.2) is 56.7 Å². The van der Waals surface area contributed by atoms with Gasteiger partial charge in [0, 0.05) is 39.0 Å². The number of amides is 1. The largest absolute Gasteiger partial charge is 0.378 e. The zero-order valence-electron chi connectivity index (χ0n) is 15.7. The molecular formula is C20H31N3O2. The van der Waals surface area contributed by atoms with Gasteiger partial charge < -0.3 is 15.0 Å². The Hall–Kier alpha value is -1.59. The van der Waals surface area contributed by atoms with Crippen LogP contribution in [0.25, 0.3) is 0 Å². The molecule has 25 heavy (non-hydrogen) atoms. The molecule has 1 amide bonds. The molecule has 0 saturated carbocycles. The van der Waals surface area contributed by atoms with Gasteiger partial charge in [0.2, 0.25) is 5.91 Å². The molecule has 0 aromatic heterocycles. The molecule has 1 aromatic carbocycles. The Labute approximate surface area is 151 Å². The normalized spacial score (nSPS) is 25.1. The molecule has 0 aliphatic carbocycles. The van der Waals surface area contributed by atoms with Crippen molar-refractivity contribution in [3.8, 4) is 0 Å².